The Kier molecular flexibility index (Phi) is 3.97. The van der Waals surface area contributed by atoms with Crippen LogP contribution in [0.15, 0.2) is 44.9 Å². The van der Waals surface area contributed by atoms with E-state index in [0.29, 0.717) is 5.69 Å². The summed E-state index contributed by atoms with van der Waals surface area (Å²) in [5, 5.41) is 1.61. The van der Waals surface area contributed by atoms with E-state index in [1.807, 2.05) is 31.2 Å². The number of hydrogen-bond donors (Lipinski definition) is 1. The van der Waals surface area contributed by atoms with E-state index in [1.54, 1.807) is 18.0 Å². The SMILES string of the molecule is Cc1c(N)cnc(Sc2cccc(Cl)c2)c1Br. The molecule has 2 aromatic rings. The van der Waals surface area contributed by atoms with Crippen molar-refractivity contribution in [3.8, 4) is 0 Å². The number of hydrogen-bond acceptors (Lipinski definition) is 3. The molecule has 0 radical (unpaired) electrons. The molecule has 1 aromatic heterocycles. The van der Waals surface area contributed by atoms with Gasteiger partial charge >= 0.3 is 0 Å². The standard InChI is InChI=1S/C12H10BrClN2S/c1-7-10(15)6-16-12(11(7)13)17-9-4-2-3-8(14)5-9/h2-6H,15H2,1H3. The summed E-state index contributed by atoms with van der Waals surface area (Å²) in [4.78, 5) is 5.36. The molecule has 0 saturated heterocycles. The van der Waals surface area contributed by atoms with E-state index in [-0.39, 0.29) is 0 Å². The van der Waals surface area contributed by atoms with Crippen LogP contribution in [0.2, 0.25) is 5.02 Å². The van der Waals surface area contributed by atoms with Crippen LogP contribution >= 0.6 is 39.3 Å². The molecule has 0 saturated carbocycles. The zero-order chi connectivity index (χ0) is 12.4. The van der Waals surface area contributed by atoms with Gasteiger partial charge in [-0.1, -0.05) is 29.4 Å². The number of nitrogens with zero attached hydrogens (tertiary/aromatic N) is 1. The van der Waals surface area contributed by atoms with Crippen LogP contribution in [0.25, 0.3) is 0 Å². The van der Waals surface area contributed by atoms with Crippen LogP contribution in [0.5, 0.6) is 0 Å². The number of benzene rings is 1. The first-order valence-electron chi connectivity index (χ1n) is 4.92. The molecule has 0 amide bonds. The Balaban J connectivity index is 2.34. The number of nitrogen functional groups attached to an aromatic ring is 1. The van der Waals surface area contributed by atoms with E-state index in [0.717, 1.165) is 25.0 Å². The Morgan fingerprint density at radius 1 is 1.41 bits per heavy atom. The molecule has 0 unspecified atom stereocenters. The van der Waals surface area contributed by atoms with Crippen molar-refractivity contribution in [3.05, 3.63) is 45.5 Å². The van der Waals surface area contributed by atoms with Crippen molar-refractivity contribution in [2.24, 2.45) is 0 Å². The van der Waals surface area contributed by atoms with Gasteiger partial charge in [-0.05, 0) is 46.6 Å². The van der Waals surface area contributed by atoms with Gasteiger partial charge in [-0.15, -0.1) is 0 Å². The van der Waals surface area contributed by atoms with Crippen molar-refractivity contribution in [2.75, 3.05) is 5.73 Å². The van der Waals surface area contributed by atoms with Gasteiger partial charge in [-0.3, -0.25) is 0 Å². The van der Waals surface area contributed by atoms with Gasteiger partial charge < -0.3 is 5.73 Å². The van der Waals surface area contributed by atoms with Crippen molar-refractivity contribution in [2.45, 2.75) is 16.8 Å². The average molecular weight is 330 g/mol. The Hall–Kier alpha value is -0.710. The average Bonchev–Trinajstić information content (AvgIpc) is 2.30. The van der Waals surface area contributed by atoms with Gasteiger partial charge in [0.2, 0.25) is 0 Å². The fraction of sp³-hybridized carbons (Fsp3) is 0.0833. The van der Waals surface area contributed by atoms with Gasteiger partial charge in [-0.25, -0.2) is 4.98 Å². The highest BCUT2D eigenvalue weighted by Gasteiger charge is 2.09. The molecule has 0 aliphatic rings. The molecule has 0 aliphatic heterocycles. The van der Waals surface area contributed by atoms with E-state index < -0.39 is 0 Å². The van der Waals surface area contributed by atoms with E-state index in [1.165, 1.54) is 0 Å². The first-order chi connectivity index (χ1) is 8.08. The minimum absolute atomic E-state index is 0.687. The number of pyridine rings is 1. The largest absolute Gasteiger partial charge is 0.397 e. The number of aromatic nitrogens is 1. The Morgan fingerprint density at radius 3 is 2.88 bits per heavy atom. The Morgan fingerprint density at radius 2 is 2.18 bits per heavy atom. The second kappa shape index (κ2) is 5.29. The third kappa shape index (κ3) is 2.94. The lowest BCUT2D eigenvalue weighted by molar-refractivity contribution is 1.09. The van der Waals surface area contributed by atoms with E-state index >= 15 is 0 Å². The molecule has 0 spiro atoms. The molecule has 2 nitrogen and oxygen atoms in total. The lowest BCUT2D eigenvalue weighted by Gasteiger charge is -2.08. The zero-order valence-electron chi connectivity index (χ0n) is 9.08. The normalized spacial score (nSPS) is 10.5. The monoisotopic (exact) mass is 328 g/mol. The summed E-state index contributed by atoms with van der Waals surface area (Å²) in [6.07, 6.45) is 1.67. The first-order valence-corrected chi connectivity index (χ1v) is 6.90. The second-order valence-electron chi connectivity index (χ2n) is 3.52. The first kappa shape index (κ1) is 12.7. The third-order valence-corrected chi connectivity index (χ3v) is 4.74. The van der Waals surface area contributed by atoms with Crippen LogP contribution in [-0.2, 0) is 0 Å². The van der Waals surface area contributed by atoms with E-state index in [9.17, 15) is 0 Å². The maximum absolute atomic E-state index is 5.94. The van der Waals surface area contributed by atoms with Gasteiger partial charge in [0.1, 0.15) is 5.03 Å². The molecule has 88 valence electrons. The van der Waals surface area contributed by atoms with Crippen molar-refractivity contribution in [3.63, 3.8) is 0 Å². The van der Waals surface area contributed by atoms with Gasteiger partial charge in [0.25, 0.3) is 0 Å². The summed E-state index contributed by atoms with van der Waals surface area (Å²) < 4.78 is 0.933. The van der Waals surface area contributed by atoms with Crippen molar-refractivity contribution < 1.29 is 0 Å². The quantitative estimate of drug-likeness (QED) is 0.879. The van der Waals surface area contributed by atoms with Crippen LogP contribution < -0.4 is 5.73 Å². The lowest BCUT2D eigenvalue weighted by Crippen LogP contribution is -1.94. The molecule has 0 aliphatic carbocycles. The smallest absolute Gasteiger partial charge is 0.115 e. The molecule has 2 rings (SSSR count). The summed E-state index contributed by atoms with van der Waals surface area (Å²) >= 11 is 11.0. The number of anilines is 1. The molecule has 0 atom stereocenters. The van der Waals surface area contributed by atoms with E-state index in [4.69, 9.17) is 17.3 Å². The van der Waals surface area contributed by atoms with Gasteiger partial charge in [0.15, 0.2) is 0 Å². The van der Waals surface area contributed by atoms with Crippen molar-refractivity contribution >= 4 is 45.0 Å². The van der Waals surface area contributed by atoms with Gasteiger partial charge in [0.05, 0.1) is 16.4 Å². The minimum atomic E-state index is 0.687. The maximum Gasteiger partial charge on any atom is 0.115 e. The van der Waals surface area contributed by atoms with Gasteiger partial charge in [0, 0.05) is 9.92 Å². The predicted molar refractivity (Wildman–Crippen MR) is 76.7 cm³/mol. The molecule has 0 bridgehead atoms. The van der Waals surface area contributed by atoms with Crippen molar-refractivity contribution in [1.29, 1.82) is 0 Å². The summed E-state index contributed by atoms with van der Waals surface area (Å²) in [5.74, 6) is 0. The minimum Gasteiger partial charge on any atom is -0.397 e. The van der Waals surface area contributed by atoms with Crippen LogP contribution in [-0.4, -0.2) is 4.98 Å². The summed E-state index contributed by atoms with van der Waals surface area (Å²) in [5.41, 5.74) is 7.48. The number of nitrogens with two attached hydrogens (primary N) is 1. The highest BCUT2D eigenvalue weighted by Crippen LogP contribution is 2.35. The highest BCUT2D eigenvalue weighted by molar-refractivity contribution is 9.10. The topological polar surface area (TPSA) is 38.9 Å². The fourth-order valence-electron chi connectivity index (χ4n) is 1.28. The predicted octanol–water partition coefficient (Wildman–Crippen LogP) is 4.54. The van der Waals surface area contributed by atoms with Crippen LogP contribution in [0.3, 0.4) is 0 Å². The summed E-state index contributed by atoms with van der Waals surface area (Å²) in [6, 6.07) is 7.67. The molecular weight excluding hydrogens is 320 g/mol. The Labute approximate surface area is 118 Å². The van der Waals surface area contributed by atoms with Crippen LogP contribution in [0.4, 0.5) is 5.69 Å². The van der Waals surface area contributed by atoms with Gasteiger partial charge in [-0.2, -0.15) is 0 Å². The molecule has 1 heterocycles. The number of rotatable bonds is 2. The molecular formula is C12H10BrClN2S. The Bertz CT molecular complexity index is 560. The second-order valence-corrected chi connectivity index (χ2v) is 5.81. The third-order valence-electron chi connectivity index (χ3n) is 2.28. The lowest BCUT2D eigenvalue weighted by atomic mass is 10.3. The summed E-state index contributed by atoms with van der Waals surface area (Å²) in [7, 11) is 0. The zero-order valence-corrected chi connectivity index (χ0v) is 12.2. The molecule has 5 heteroatoms. The number of halogens is 2. The maximum atomic E-state index is 5.94. The van der Waals surface area contributed by atoms with Crippen LogP contribution in [0.1, 0.15) is 5.56 Å². The van der Waals surface area contributed by atoms with E-state index in [2.05, 4.69) is 20.9 Å². The fourth-order valence-corrected chi connectivity index (χ4v) is 3.02. The highest BCUT2D eigenvalue weighted by atomic mass is 79.9. The molecule has 0 fully saturated rings. The van der Waals surface area contributed by atoms with Crippen molar-refractivity contribution in [1.82, 2.24) is 4.98 Å². The van der Waals surface area contributed by atoms with Crippen LogP contribution in [0, 0.1) is 6.92 Å². The molecule has 2 N–H and O–H groups in total. The molecule has 1 aromatic carbocycles. The summed E-state index contributed by atoms with van der Waals surface area (Å²) in [6.45, 7) is 1.96. The molecule has 17 heavy (non-hydrogen) atoms.